The second-order valence-corrected chi connectivity index (χ2v) is 9.42. The standard InChI is InChI=1S/C31H33F/c1-3-4-5-27-17-21-30-29(22-27)20-19-28(31(30)32)18-16-26-14-12-25(13-15-26)11-10-24-8-6-23(2)7-9-24/h3,12-15,17,19-24H,1,4-11H2,2H3. The van der Waals surface area contributed by atoms with Crippen LogP contribution in [0.3, 0.4) is 0 Å². The van der Waals surface area contributed by atoms with Crippen LogP contribution in [0.5, 0.6) is 0 Å². The number of benzene rings is 3. The highest BCUT2D eigenvalue weighted by Gasteiger charge is 2.17. The largest absolute Gasteiger partial charge is 0.205 e. The fourth-order valence-corrected chi connectivity index (χ4v) is 4.74. The fraction of sp³-hybridized carbons (Fsp3) is 0.355. The van der Waals surface area contributed by atoms with Crippen molar-refractivity contribution in [3.8, 4) is 11.8 Å². The van der Waals surface area contributed by atoms with Crippen molar-refractivity contribution in [1.82, 2.24) is 0 Å². The molecule has 4 rings (SSSR count). The number of aryl methyl sites for hydroxylation is 2. The molecule has 0 unspecified atom stereocenters. The number of hydrogen-bond donors (Lipinski definition) is 0. The van der Waals surface area contributed by atoms with Gasteiger partial charge in [0.25, 0.3) is 0 Å². The third kappa shape index (κ3) is 5.68. The van der Waals surface area contributed by atoms with Crippen LogP contribution in [0.25, 0.3) is 10.8 Å². The van der Waals surface area contributed by atoms with Crippen molar-refractivity contribution >= 4 is 10.8 Å². The molecule has 32 heavy (non-hydrogen) atoms. The van der Waals surface area contributed by atoms with E-state index in [1.54, 1.807) is 6.07 Å². The summed E-state index contributed by atoms with van der Waals surface area (Å²) in [5, 5.41) is 1.55. The molecule has 1 saturated carbocycles. The molecule has 0 saturated heterocycles. The van der Waals surface area contributed by atoms with Crippen LogP contribution >= 0.6 is 0 Å². The predicted octanol–water partition coefficient (Wildman–Crippen LogP) is 8.26. The van der Waals surface area contributed by atoms with Crippen molar-refractivity contribution in [3.05, 3.63) is 95.3 Å². The molecule has 0 nitrogen and oxygen atoms in total. The van der Waals surface area contributed by atoms with E-state index in [1.165, 1.54) is 43.2 Å². The van der Waals surface area contributed by atoms with E-state index in [2.05, 4.69) is 55.7 Å². The smallest absolute Gasteiger partial charge is 0.146 e. The maximum Gasteiger partial charge on any atom is 0.146 e. The van der Waals surface area contributed by atoms with Crippen molar-refractivity contribution in [3.63, 3.8) is 0 Å². The number of rotatable bonds is 6. The zero-order valence-corrected chi connectivity index (χ0v) is 19.2. The van der Waals surface area contributed by atoms with Gasteiger partial charge in [0.05, 0.1) is 5.56 Å². The summed E-state index contributed by atoms with van der Waals surface area (Å²) < 4.78 is 15.0. The molecule has 3 aromatic rings. The Balaban J connectivity index is 1.41. The Bertz CT molecular complexity index is 1120. The lowest BCUT2D eigenvalue weighted by Crippen LogP contribution is -2.12. The van der Waals surface area contributed by atoms with Gasteiger partial charge in [-0.05, 0) is 72.2 Å². The highest BCUT2D eigenvalue weighted by Crippen LogP contribution is 2.31. The monoisotopic (exact) mass is 424 g/mol. The van der Waals surface area contributed by atoms with Gasteiger partial charge in [0.1, 0.15) is 5.82 Å². The Kier molecular flexibility index (Phi) is 7.43. The van der Waals surface area contributed by atoms with Gasteiger partial charge in [-0.1, -0.05) is 86.9 Å². The minimum absolute atomic E-state index is 0.233. The van der Waals surface area contributed by atoms with Gasteiger partial charge in [-0.3, -0.25) is 0 Å². The maximum atomic E-state index is 15.0. The number of allylic oxidation sites excluding steroid dienone is 1. The molecule has 0 amide bonds. The molecule has 0 bridgehead atoms. The second kappa shape index (κ2) is 10.6. The molecular formula is C31H33F. The molecule has 0 aliphatic heterocycles. The highest BCUT2D eigenvalue weighted by atomic mass is 19.1. The van der Waals surface area contributed by atoms with Gasteiger partial charge in [-0.25, -0.2) is 4.39 Å². The Hall–Kier alpha value is -2.85. The first-order valence-electron chi connectivity index (χ1n) is 12.1. The van der Waals surface area contributed by atoms with Crippen LogP contribution in [-0.4, -0.2) is 0 Å². The summed E-state index contributed by atoms with van der Waals surface area (Å²) in [5.74, 6) is 7.75. The van der Waals surface area contributed by atoms with Crippen molar-refractivity contribution < 1.29 is 4.39 Å². The van der Waals surface area contributed by atoms with Crippen molar-refractivity contribution in [2.75, 3.05) is 0 Å². The molecule has 0 spiro atoms. The highest BCUT2D eigenvalue weighted by molar-refractivity contribution is 5.85. The summed E-state index contributed by atoms with van der Waals surface area (Å²) in [7, 11) is 0. The first kappa shape index (κ1) is 22.3. The van der Waals surface area contributed by atoms with E-state index in [0.29, 0.717) is 10.9 Å². The maximum absolute atomic E-state index is 15.0. The van der Waals surface area contributed by atoms with Gasteiger partial charge in [0.15, 0.2) is 0 Å². The number of fused-ring (bicyclic) bond motifs is 1. The Morgan fingerprint density at radius 1 is 0.906 bits per heavy atom. The first-order chi connectivity index (χ1) is 15.6. The lowest BCUT2D eigenvalue weighted by Gasteiger charge is -2.26. The average Bonchev–Trinajstić information content (AvgIpc) is 2.82. The summed E-state index contributed by atoms with van der Waals surface area (Å²) >= 11 is 0. The van der Waals surface area contributed by atoms with Crippen LogP contribution in [0.2, 0.25) is 0 Å². The number of halogens is 1. The van der Waals surface area contributed by atoms with E-state index in [4.69, 9.17) is 0 Å². The second-order valence-electron chi connectivity index (χ2n) is 9.42. The van der Waals surface area contributed by atoms with Crippen LogP contribution in [-0.2, 0) is 12.8 Å². The van der Waals surface area contributed by atoms with Gasteiger partial charge < -0.3 is 0 Å². The topological polar surface area (TPSA) is 0 Å². The summed E-state index contributed by atoms with van der Waals surface area (Å²) in [6.45, 7) is 6.15. The van der Waals surface area contributed by atoms with E-state index in [9.17, 15) is 0 Å². The zero-order chi connectivity index (χ0) is 22.3. The van der Waals surface area contributed by atoms with Crippen LogP contribution in [0.4, 0.5) is 4.39 Å². The third-order valence-corrected chi connectivity index (χ3v) is 6.93. The third-order valence-electron chi connectivity index (χ3n) is 6.93. The van der Waals surface area contributed by atoms with Crippen LogP contribution in [0.1, 0.15) is 67.7 Å². The quantitative estimate of drug-likeness (QED) is 0.276. The van der Waals surface area contributed by atoms with E-state index in [0.717, 1.165) is 42.0 Å². The summed E-state index contributed by atoms with van der Waals surface area (Å²) in [5.41, 5.74) is 3.96. The molecule has 0 atom stereocenters. The van der Waals surface area contributed by atoms with E-state index < -0.39 is 0 Å². The van der Waals surface area contributed by atoms with Crippen molar-refractivity contribution in [2.24, 2.45) is 11.8 Å². The zero-order valence-electron chi connectivity index (χ0n) is 19.2. The number of hydrogen-bond acceptors (Lipinski definition) is 0. The minimum Gasteiger partial charge on any atom is -0.205 e. The van der Waals surface area contributed by atoms with Gasteiger partial charge in [-0.2, -0.15) is 0 Å². The van der Waals surface area contributed by atoms with Crippen LogP contribution < -0.4 is 0 Å². The van der Waals surface area contributed by atoms with Crippen molar-refractivity contribution in [1.29, 1.82) is 0 Å². The van der Waals surface area contributed by atoms with E-state index in [-0.39, 0.29) is 5.82 Å². The normalized spacial score (nSPS) is 18.2. The molecule has 164 valence electrons. The molecular weight excluding hydrogens is 391 g/mol. The molecule has 0 N–H and O–H groups in total. The van der Waals surface area contributed by atoms with E-state index in [1.807, 2.05) is 24.3 Å². The molecule has 0 radical (unpaired) electrons. The summed E-state index contributed by atoms with van der Waals surface area (Å²) in [6.07, 6.45) is 11.7. The minimum atomic E-state index is -0.233. The molecule has 1 heteroatoms. The Labute approximate surface area is 192 Å². The van der Waals surface area contributed by atoms with Gasteiger partial charge >= 0.3 is 0 Å². The first-order valence-corrected chi connectivity index (χ1v) is 12.1. The van der Waals surface area contributed by atoms with Crippen molar-refractivity contribution in [2.45, 2.75) is 58.3 Å². The van der Waals surface area contributed by atoms with Crippen LogP contribution in [0.15, 0.2) is 67.3 Å². The Morgan fingerprint density at radius 3 is 2.41 bits per heavy atom. The summed E-state index contributed by atoms with van der Waals surface area (Å²) in [6, 6.07) is 18.2. The van der Waals surface area contributed by atoms with Crippen LogP contribution in [0, 0.1) is 29.5 Å². The van der Waals surface area contributed by atoms with Gasteiger partial charge in [0.2, 0.25) is 0 Å². The predicted molar refractivity (Wildman–Crippen MR) is 134 cm³/mol. The average molecular weight is 425 g/mol. The summed E-state index contributed by atoms with van der Waals surface area (Å²) in [4.78, 5) is 0. The fourth-order valence-electron chi connectivity index (χ4n) is 4.74. The molecule has 0 heterocycles. The van der Waals surface area contributed by atoms with Gasteiger partial charge in [-0.15, -0.1) is 6.58 Å². The lowest BCUT2D eigenvalue weighted by atomic mass is 9.80. The molecule has 1 aliphatic rings. The van der Waals surface area contributed by atoms with E-state index >= 15 is 4.39 Å². The molecule has 1 fully saturated rings. The SMILES string of the molecule is C=CCCc1ccc2c(F)c(C#Cc3ccc(CCC4CCC(C)CC4)cc3)ccc2c1. The molecule has 0 aromatic heterocycles. The molecule has 1 aliphatic carbocycles. The molecule has 3 aromatic carbocycles. The Morgan fingerprint density at radius 2 is 1.66 bits per heavy atom. The lowest BCUT2D eigenvalue weighted by molar-refractivity contribution is 0.278. The van der Waals surface area contributed by atoms with Gasteiger partial charge in [0, 0.05) is 10.9 Å².